The third kappa shape index (κ3) is 3.74. The normalized spacial score (nSPS) is 13.9. The van der Waals surface area contributed by atoms with E-state index in [4.69, 9.17) is 4.84 Å². The first-order valence-electron chi connectivity index (χ1n) is 7.53. The molecule has 1 amide bonds. The second-order valence-electron chi connectivity index (χ2n) is 5.34. The minimum Gasteiger partial charge on any atom is -0.386 e. The number of nitrogens with zero attached hydrogens (tertiary/aromatic N) is 2. The Bertz CT molecular complexity index is 713. The van der Waals surface area contributed by atoms with Crippen molar-refractivity contribution in [1.82, 2.24) is 0 Å². The quantitative estimate of drug-likeness (QED) is 0.643. The number of fused-ring (bicyclic) bond motifs is 1. The summed E-state index contributed by atoms with van der Waals surface area (Å²) >= 11 is 0. The number of para-hydroxylation sites is 1. The Hall–Kier alpha value is -2.69. The van der Waals surface area contributed by atoms with E-state index < -0.39 is 0 Å². The number of carbonyl (C=O) groups excluding carboxylic acids is 1. The summed E-state index contributed by atoms with van der Waals surface area (Å²) in [5.74, 6) is -0.421. The molecule has 0 saturated carbocycles. The third-order valence-corrected chi connectivity index (χ3v) is 3.75. The van der Waals surface area contributed by atoms with Gasteiger partial charge in [-0.05, 0) is 42.2 Å². The topological polar surface area (TPSA) is 41.9 Å². The summed E-state index contributed by atoms with van der Waals surface area (Å²) < 4.78 is 12.8. The molecule has 3 rings (SSSR count). The van der Waals surface area contributed by atoms with Gasteiger partial charge in [-0.3, -0.25) is 4.79 Å². The largest absolute Gasteiger partial charge is 0.386 e. The van der Waals surface area contributed by atoms with Gasteiger partial charge >= 0.3 is 0 Å². The highest BCUT2D eigenvalue weighted by Crippen LogP contribution is 2.26. The molecule has 0 spiro atoms. The standard InChI is InChI=1S/C18H17FN2O2/c19-16-9-7-14(8-10-16)12-20-23-13-18(22)21-11-3-5-15-4-1-2-6-17(15)21/h1-2,4,6-10,12H,3,5,11,13H2/b20-12+. The third-order valence-electron chi connectivity index (χ3n) is 3.75. The second-order valence-corrected chi connectivity index (χ2v) is 5.34. The van der Waals surface area contributed by atoms with Gasteiger partial charge in [-0.25, -0.2) is 4.39 Å². The number of hydrogen-bond donors (Lipinski definition) is 0. The highest BCUT2D eigenvalue weighted by atomic mass is 19.1. The summed E-state index contributed by atoms with van der Waals surface area (Å²) in [6.07, 6.45) is 3.39. The van der Waals surface area contributed by atoms with E-state index in [0.717, 1.165) is 18.5 Å². The number of rotatable bonds is 4. The van der Waals surface area contributed by atoms with Gasteiger partial charge in [0, 0.05) is 12.2 Å². The Morgan fingerprint density at radius 1 is 1.22 bits per heavy atom. The molecule has 0 aliphatic carbocycles. The van der Waals surface area contributed by atoms with Gasteiger partial charge in [0.1, 0.15) is 5.82 Å². The van der Waals surface area contributed by atoms with Gasteiger partial charge in [0.25, 0.3) is 5.91 Å². The maximum absolute atomic E-state index is 12.8. The molecule has 0 bridgehead atoms. The van der Waals surface area contributed by atoms with Crippen molar-refractivity contribution in [2.45, 2.75) is 12.8 Å². The smallest absolute Gasteiger partial charge is 0.267 e. The summed E-state index contributed by atoms with van der Waals surface area (Å²) in [6.45, 7) is 0.576. The Balaban J connectivity index is 1.57. The highest BCUT2D eigenvalue weighted by molar-refractivity contribution is 5.95. The number of oxime groups is 1. The van der Waals surface area contributed by atoms with Gasteiger partial charge in [-0.15, -0.1) is 0 Å². The molecule has 2 aromatic rings. The van der Waals surface area contributed by atoms with Crippen molar-refractivity contribution in [3.05, 3.63) is 65.5 Å². The van der Waals surface area contributed by atoms with Crippen molar-refractivity contribution in [3.8, 4) is 0 Å². The van der Waals surface area contributed by atoms with Crippen LogP contribution < -0.4 is 4.90 Å². The fourth-order valence-corrected chi connectivity index (χ4v) is 2.61. The summed E-state index contributed by atoms with van der Waals surface area (Å²) in [6, 6.07) is 13.8. The Morgan fingerprint density at radius 2 is 2.00 bits per heavy atom. The van der Waals surface area contributed by atoms with Crippen molar-refractivity contribution in [1.29, 1.82) is 0 Å². The average molecular weight is 312 g/mol. The molecule has 1 aliphatic rings. The molecule has 4 nitrogen and oxygen atoms in total. The lowest BCUT2D eigenvalue weighted by Gasteiger charge is -2.28. The Labute approximate surface area is 134 Å². The Morgan fingerprint density at radius 3 is 2.83 bits per heavy atom. The predicted molar refractivity (Wildman–Crippen MR) is 87.1 cm³/mol. The Kier molecular flexibility index (Phi) is 4.66. The van der Waals surface area contributed by atoms with E-state index in [0.29, 0.717) is 12.1 Å². The lowest BCUT2D eigenvalue weighted by Crippen LogP contribution is -2.37. The van der Waals surface area contributed by atoms with E-state index in [9.17, 15) is 9.18 Å². The molecule has 0 aromatic heterocycles. The number of carbonyl (C=O) groups is 1. The van der Waals surface area contributed by atoms with Crippen molar-refractivity contribution in [3.63, 3.8) is 0 Å². The molecular weight excluding hydrogens is 295 g/mol. The van der Waals surface area contributed by atoms with Crippen LogP contribution in [0.2, 0.25) is 0 Å². The van der Waals surface area contributed by atoms with Gasteiger partial charge in [0.15, 0.2) is 6.61 Å². The van der Waals surface area contributed by atoms with E-state index in [1.54, 1.807) is 17.0 Å². The van der Waals surface area contributed by atoms with Crippen LogP contribution >= 0.6 is 0 Å². The van der Waals surface area contributed by atoms with Gasteiger partial charge in [-0.1, -0.05) is 35.5 Å². The first-order valence-corrected chi connectivity index (χ1v) is 7.53. The SMILES string of the molecule is O=C(CO/N=C/c1ccc(F)cc1)N1CCCc2ccccc21. The average Bonchev–Trinajstić information content (AvgIpc) is 2.59. The minimum absolute atomic E-state index is 0.117. The van der Waals surface area contributed by atoms with Gasteiger partial charge in [0.2, 0.25) is 0 Å². The fourth-order valence-electron chi connectivity index (χ4n) is 2.61. The van der Waals surface area contributed by atoms with Crippen LogP contribution in [-0.4, -0.2) is 25.3 Å². The van der Waals surface area contributed by atoms with Crippen LogP contribution in [0.1, 0.15) is 17.5 Å². The first-order chi connectivity index (χ1) is 11.2. The summed E-state index contributed by atoms with van der Waals surface area (Å²) in [4.78, 5) is 19.1. The molecule has 0 radical (unpaired) electrons. The second kappa shape index (κ2) is 7.05. The van der Waals surface area contributed by atoms with E-state index in [1.165, 1.54) is 23.9 Å². The van der Waals surface area contributed by atoms with Crippen LogP contribution in [0, 0.1) is 5.82 Å². The van der Waals surface area contributed by atoms with Crippen LogP contribution in [0.4, 0.5) is 10.1 Å². The molecule has 23 heavy (non-hydrogen) atoms. The number of halogens is 1. The van der Waals surface area contributed by atoms with E-state index >= 15 is 0 Å². The van der Waals surface area contributed by atoms with Crippen LogP contribution in [-0.2, 0) is 16.1 Å². The van der Waals surface area contributed by atoms with E-state index in [-0.39, 0.29) is 18.3 Å². The molecule has 0 fully saturated rings. The van der Waals surface area contributed by atoms with Gasteiger partial charge in [0.05, 0.1) is 6.21 Å². The lowest BCUT2D eigenvalue weighted by atomic mass is 10.0. The summed E-state index contributed by atoms with van der Waals surface area (Å²) in [5.41, 5.74) is 2.85. The molecule has 1 heterocycles. The molecule has 0 saturated heterocycles. The number of anilines is 1. The van der Waals surface area contributed by atoms with Crippen LogP contribution in [0.15, 0.2) is 53.7 Å². The van der Waals surface area contributed by atoms with Gasteiger partial charge < -0.3 is 9.74 Å². The molecule has 0 atom stereocenters. The van der Waals surface area contributed by atoms with Crippen molar-refractivity contribution in [2.75, 3.05) is 18.1 Å². The number of amides is 1. The molecule has 5 heteroatoms. The minimum atomic E-state index is -0.304. The monoisotopic (exact) mass is 312 g/mol. The first kappa shape index (κ1) is 15.2. The fraction of sp³-hybridized carbons (Fsp3) is 0.222. The maximum atomic E-state index is 12.8. The molecule has 1 aliphatic heterocycles. The number of benzene rings is 2. The van der Waals surface area contributed by atoms with Crippen LogP contribution in [0.25, 0.3) is 0 Å². The molecular formula is C18H17FN2O2. The number of aryl methyl sites for hydroxylation is 1. The van der Waals surface area contributed by atoms with Crippen LogP contribution in [0.3, 0.4) is 0 Å². The number of hydrogen-bond acceptors (Lipinski definition) is 3. The summed E-state index contributed by atoms with van der Waals surface area (Å²) in [7, 11) is 0. The van der Waals surface area contributed by atoms with Gasteiger partial charge in [-0.2, -0.15) is 0 Å². The van der Waals surface area contributed by atoms with E-state index in [2.05, 4.69) is 5.16 Å². The summed E-state index contributed by atoms with van der Waals surface area (Å²) in [5, 5.41) is 3.77. The molecule has 2 aromatic carbocycles. The van der Waals surface area contributed by atoms with Crippen molar-refractivity contribution in [2.24, 2.45) is 5.16 Å². The van der Waals surface area contributed by atoms with Crippen molar-refractivity contribution >= 4 is 17.8 Å². The zero-order chi connectivity index (χ0) is 16.1. The predicted octanol–water partition coefficient (Wildman–Crippen LogP) is 3.16. The highest BCUT2D eigenvalue weighted by Gasteiger charge is 2.22. The zero-order valence-corrected chi connectivity index (χ0v) is 12.6. The maximum Gasteiger partial charge on any atom is 0.267 e. The van der Waals surface area contributed by atoms with E-state index in [1.807, 2.05) is 24.3 Å². The molecule has 0 N–H and O–H groups in total. The molecule has 0 unspecified atom stereocenters. The van der Waals surface area contributed by atoms with Crippen molar-refractivity contribution < 1.29 is 14.0 Å². The lowest BCUT2D eigenvalue weighted by molar-refractivity contribution is -0.123. The molecule has 118 valence electrons. The zero-order valence-electron chi connectivity index (χ0n) is 12.6. The van der Waals surface area contributed by atoms with Crippen LogP contribution in [0.5, 0.6) is 0 Å².